The van der Waals surface area contributed by atoms with E-state index < -0.39 is 30.1 Å². The van der Waals surface area contributed by atoms with Crippen LogP contribution in [0, 0.1) is 0 Å². The van der Waals surface area contributed by atoms with Crippen LogP contribution in [0.1, 0.15) is 29.7 Å². The Morgan fingerprint density at radius 1 is 1.00 bits per heavy atom. The fourth-order valence-corrected chi connectivity index (χ4v) is 3.81. The number of anilines is 1. The lowest BCUT2D eigenvalue weighted by Crippen LogP contribution is -2.50. The van der Waals surface area contributed by atoms with Crippen molar-refractivity contribution < 1.29 is 19.8 Å². The molecule has 2 heterocycles. The molecule has 8 nitrogen and oxygen atoms in total. The van der Waals surface area contributed by atoms with Gasteiger partial charge in [-0.15, -0.1) is 0 Å². The maximum absolute atomic E-state index is 12.6. The predicted molar refractivity (Wildman–Crippen MR) is 115 cm³/mol. The Morgan fingerprint density at radius 3 is 2.23 bits per heavy atom. The van der Waals surface area contributed by atoms with Crippen LogP contribution in [0.2, 0.25) is 0 Å². The minimum absolute atomic E-state index is 0.352. The van der Waals surface area contributed by atoms with Gasteiger partial charge in [-0.1, -0.05) is 36.4 Å². The number of rotatable bonds is 6. The number of hydrogen-bond donors (Lipinski definition) is 4. The van der Waals surface area contributed by atoms with Gasteiger partial charge in [-0.3, -0.25) is 9.59 Å². The van der Waals surface area contributed by atoms with Crippen LogP contribution in [0.4, 0.5) is 5.69 Å². The van der Waals surface area contributed by atoms with Gasteiger partial charge >= 0.3 is 0 Å². The smallest absolute Gasteiger partial charge is 0.255 e. The fourth-order valence-electron chi connectivity index (χ4n) is 3.81. The molecule has 0 fully saturated rings. The summed E-state index contributed by atoms with van der Waals surface area (Å²) < 4.78 is 0. The normalized spacial score (nSPS) is 17.6. The van der Waals surface area contributed by atoms with Crippen LogP contribution in [0.25, 0.3) is 0 Å². The van der Waals surface area contributed by atoms with Gasteiger partial charge in [0, 0.05) is 31.2 Å². The number of nitrogens with zero attached hydrogens (tertiary/aromatic N) is 2. The van der Waals surface area contributed by atoms with E-state index in [4.69, 9.17) is 0 Å². The van der Waals surface area contributed by atoms with E-state index in [1.165, 1.54) is 4.90 Å². The summed E-state index contributed by atoms with van der Waals surface area (Å²) in [6.45, 7) is 3.18. The van der Waals surface area contributed by atoms with Gasteiger partial charge in [-0.25, -0.2) is 0 Å². The van der Waals surface area contributed by atoms with Crippen LogP contribution in [0.3, 0.4) is 0 Å². The molecular weight excluding hydrogens is 396 g/mol. The lowest BCUT2D eigenvalue weighted by Gasteiger charge is -2.24. The van der Waals surface area contributed by atoms with Gasteiger partial charge < -0.3 is 30.6 Å². The fraction of sp³-hybridized carbons (Fsp3) is 0.304. The minimum Gasteiger partial charge on any atom is -0.380 e. The first kappa shape index (κ1) is 20.9. The van der Waals surface area contributed by atoms with Crippen molar-refractivity contribution in [2.24, 2.45) is 0 Å². The number of nitrogens with one attached hydrogen (secondary N) is 2. The Morgan fingerprint density at radius 2 is 1.65 bits per heavy atom. The first-order chi connectivity index (χ1) is 14.9. The molecule has 2 aliphatic rings. The highest BCUT2D eigenvalue weighted by molar-refractivity contribution is 5.91. The molecule has 2 aromatic carbocycles. The Kier molecular flexibility index (Phi) is 5.92. The SMILES string of the molecule is C[C@H](NC(=O)[C@H](O)[C@@H](O)C(=O)N1Cc2ccccc2C1)c1ccc(N2C=CNC2)cc1. The van der Waals surface area contributed by atoms with E-state index in [-0.39, 0.29) is 0 Å². The van der Waals surface area contributed by atoms with Crippen molar-refractivity contribution in [1.82, 2.24) is 15.5 Å². The van der Waals surface area contributed by atoms with Crippen molar-refractivity contribution in [3.63, 3.8) is 0 Å². The van der Waals surface area contributed by atoms with Gasteiger partial charge in [-0.2, -0.15) is 0 Å². The number of aliphatic hydroxyl groups is 2. The van der Waals surface area contributed by atoms with E-state index in [0.717, 1.165) is 22.4 Å². The molecule has 0 spiro atoms. The maximum Gasteiger partial charge on any atom is 0.255 e. The van der Waals surface area contributed by atoms with E-state index in [1.54, 1.807) is 6.92 Å². The molecule has 2 amide bonds. The lowest BCUT2D eigenvalue weighted by molar-refractivity contribution is -0.153. The number of aliphatic hydroxyl groups excluding tert-OH is 2. The predicted octanol–water partition coefficient (Wildman–Crippen LogP) is 0.966. The van der Waals surface area contributed by atoms with Crippen molar-refractivity contribution in [2.45, 2.75) is 38.3 Å². The number of carbonyl (C=O) groups is 2. The van der Waals surface area contributed by atoms with Gasteiger partial charge in [0.2, 0.25) is 0 Å². The zero-order chi connectivity index (χ0) is 22.0. The summed E-state index contributed by atoms with van der Waals surface area (Å²) in [6.07, 6.45) is 0.136. The van der Waals surface area contributed by atoms with Gasteiger partial charge in [0.15, 0.2) is 12.2 Å². The Bertz CT molecular complexity index is 966. The largest absolute Gasteiger partial charge is 0.380 e. The summed E-state index contributed by atoms with van der Waals surface area (Å²) in [4.78, 5) is 28.5. The molecule has 3 atom stereocenters. The van der Waals surface area contributed by atoms with E-state index in [9.17, 15) is 19.8 Å². The molecule has 4 rings (SSSR count). The van der Waals surface area contributed by atoms with E-state index in [1.807, 2.05) is 65.8 Å². The van der Waals surface area contributed by atoms with E-state index in [0.29, 0.717) is 19.8 Å². The average molecular weight is 422 g/mol. The van der Waals surface area contributed by atoms with Gasteiger partial charge in [0.05, 0.1) is 12.7 Å². The number of benzene rings is 2. The molecule has 2 aromatic rings. The number of carbonyl (C=O) groups excluding carboxylic acids is 2. The molecule has 0 saturated heterocycles. The maximum atomic E-state index is 12.6. The van der Waals surface area contributed by atoms with Gasteiger partial charge in [-0.05, 0) is 35.7 Å². The number of amides is 2. The zero-order valence-corrected chi connectivity index (χ0v) is 17.2. The summed E-state index contributed by atoms with van der Waals surface area (Å²) in [5.74, 6) is -1.45. The van der Waals surface area contributed by atoms with Crippen molar-refractivity contribution in [2.75, 3.05) is 11.6 Å². The molecule has 0 radical (unpaired) electrons. The molecule has 0 saturated carbocycles. The average Bonchev–Trinajstić information content (AvgIpc) is 3.47. The molecule has 4 N–H and O–H groups in total. The second-order valence-electron chi connectivity index (χ2n) is 7.82. The molecule has 0 unspecified atom stereocenters. The summed E-state index contributed by atoms with van der Waals surface area (Å²) >= 11 is 0. The zero-order valence-electron chi connectivity index (χ0n) is 17.2. The number of fused-ring (bicyclic) bond motifs is 1. The monoisotopic (exact) mass is 422 g/mol. The van der Waals surface area contributed by atoms with Crippen molar-refractivity contribution in [3.8, 4) is 0 Å². The highest BCUT2D eigenvalue weighted by Gasteiger charge is 2.35. The summed E-state index contributed by atoms with van der Waals surface area (Å²) in [7, 11) is 0. The van der Waals surface area contributed by atoms with Crippen LogP contribution in [0.15, 0.2) is 60.9 Å². The molecule has 0 aliphatic carbocycles. The minimum atomic E-state index is -1.85. The molecule has 0 aromatic heterocycles. The second kappa shape index (κ2) is 8.79. The Labute approximate surface area is 180 Å². The third kappa shape index (κ3) is 4.40. The van der Waals surface area contributed by atoms with Crippen LogP contribution >= 0.6 is 0 Å². The Balaban J connectivity index is 1.33. The third-order valence-corrected chi connectivity index (χ3v) is 5.69. The van der Waals surface area contributed by atoms with E-state index >= 15 is 0 Å². The summed E-state index contributed by atoms with van der Waals surface area (Å²) in [5.41, 5.74) is 3.85. The number of hydrogen-bond acceptors (Lipinski definition) is 6. The lowest BCUT2D eigenvalue weighted by atomic mass is 10.1. The molecule has 162 valence electrons. The van der Waals surface area contributed by atoms with E-state index in [2.05, 4.69) is 10.6 Å². The molecule has 8 heteroatoms. The van der Waals surface area contributed by atoms with Crippen molar-refractivity contribution in [1.29, 1.82) is 0 Å². The van der Waals surface area contributed by atoms with Crippen molar-refractivity contribution in [3.05, 3.63) is 77.6 Å². The molecular formula is C23H26N4O4. The molecule has 31 heavy (non-hydrogen) atoms. The highest BCUT2D eigenvalue weighted by Crippen LogP contribution is 2.24. The summed E-state index contributed by atoms with van der Waals surface area (Å²) in [5, 5.41) is 26.4. The third-order valence-electron chi connectivity index (χ3n) is 5.69. The van der Waals surface area contributed by atoms with Crippen LogP contribution in [-0.2, 0) is 22.7 Å². The first-order valence-electron chi connectivity index (χ1n) is 10.2. The van der Waals surface area contributed by atoms with Crippen LogP contribution in [0.5, 0.6) is 0 Å². The first-order valence-corrected chi connectivity index (χ1v) is 10.2. The van der Waals surface area contributed by atoms with Gasteiger partial charge in [0.1, 0.15) is 0 Å². The Hall–Kier alpha value is -3.36. The van der Waals surface area contributed by atoms with Crippen molar-refractivity contribution >= 4 is 17.5 Å². The quantitative estimate of drug-likeness (QED) is 0.553. The van der Waals surface area contributed by atoms with Crippen LogP contribution in [-0.4, -0.2) is 45.8 Å². The van der Waals surface area contributed by atoms with Crippen LogP contribution < -0.4 is 15.5 Å². The standard InChI is InChI=1S/C23H26N4O4/c1-15(16-6-8-19(9-7-16)26-11-10-24-14-26)25-22(30)20(28)21(29)23(31)27-12-17-4-2-3-5-18(17)13-27/h2-11,15,20-21,24,28-29H,12-14H2,1H3,(H,25,30)/t15-,20+,21+/m0/s1. The topological polar surface area (TPSA) is 105 Å². The second-order valence-corrected chi connectivity index (χ2v) is 7.82. The molecule has 2 aliphatic heterocycles. The van der Waals surface area contributed by atoms with Gasteiger partial charge in [0.25, 0.3) is 11.8 Å². The molecule has 0 bridgehead atoms. The summed E-state index contributed by atoms with van der Waals surface area (Å²) in [6, 6.07) is 14.9. The highest BCUT2D eigenvalue weighted by atomic mass is 16.3.